The number of rotatable bonds is 11. The van der Waals surface area contributed by atoms with Gasteiger partial charge in [-0.2, -0.15) is 0 Å². The van der Waals surface area contributed by atoms with Crippen LogP contribution in [0.1, 0.15) is 65.7 Å². The van der Waals surface area contributed by atoms with Gasteiger partial charge in [0, 0.05) is 11.3 Å². The van der Waals surface area contributed by atoms with E-state index in [4.69, 9.17) is 4.74 Å². The Kier molecular flexibility index (Phi) is 11.0. The van der Waals surface area contributed by atoms with Gasteiger partial charge in [-0.05, 0) is 93.1 Å². The topological polar surface area (TPSA) is 79.5 Å². The molecule has 1 atom stereocenters. The lowest BCUT2D eigenvalue weighted by Gasteiger charge is -2.31. The molecule has 5 rings (SSSR count). The number of halogens is 1. The van der Waals surface area contributed by atoms with Crippen LogP contribution in [0.3, 0.4) is 0 Å². The molecule has 40 heavy (non-hydrogen) atoms. The Labute approximate surface area is 248 Å². The van der Waals surface area contributed by atoms with Crippen LogP contribution < -0.4 is 16.0 Å². The van der Waals surface area contributed by atoms with Gasteiger partial charge in [0.05, 0.1) is 17.5 Å². The van der Waals surface area contributed by atoms with Crippen LogP contribution in [0, 0.1) is 12.8 Å². The second kappa shape index (κ2) is 14.4. The molecule has 3 aromatic rings. The van der Waals surface area contributed by atoms with E-state index in [1.807, 2.05) is 24.3 Å². The van der Waals surface area contributed by atoms with Gasteiger partial charge in [0.1, 0.15) is 5.54 Å². The number of aryl methyl sites for hydroxylation is 1. The van der Waals surface area contributed by atoms with E-state index in [1.54, 1.807) is 0 Å². The summed E-state index contributed by atoms with van der Waals surface area (Å²) in [5, 5.41) is 10.9. The molecule has 1 saturated carbocycles. The summed E-state index contributed by atoms with van der Waals surface area (Å²) in [6.07, 6.45) is 7.32. The van der Waals surface area contributed by atoms with Gasteiger partial charge < -0.3 is 20.7 Å². The van der Waals surface area contributed by atoms with Crippen molar-refractivity contribution in [2.24, 2.45) is 5.92 Å². The van der Waals surface area contributed by atoms with E-state index >= 15 is 0 Å². The van der Waals surface area contributed by atoms with Crippen LogP contribution in [-0.4, -0.2) is 49.7 Å². The summed E-state index contributed by atoms with van der Waals surface area (Å²) in [5.41, 5.74) is 1.45. The normalized spacial score (nSPS) is 17.7. The number of hydrogen-bond acceptors (Lipinski definition) is 5. The molecule has 1 aromatic heterocycles. The van der Waals surface area contributed by atoms with Gasteiger partial charge in [0.2, 0.25) is 5.91 Å². The van der Waals surface area contributed by atoms with E-state index < -0.39 is 5.54 Å². The van der Waals surface area contributed by atoms with Crippen LogP contribution >= 0.6 is 23.7 Å². The highest BCUT2D eigenvalue weighted by Crippen LogP contribution is 2.32. The molecule has 2 fully saturated rings. The summed E-state index contributed by atoms with van der Waals surface area (Å²) in [5.74, 6) is 0.458. The fourth-order valence-corrected chi connectivity index (χ4v) is 6.99. The molecule has 0 radical (unpaired) electrons. The van der Waals surface area contributed by atoms with Crippen molar-refractivity contribution in [3.8, 4) is 0 Å². The zero-order valence-corrected chi connectivity index (χ0v) is 25.0. The highest BCUT2D eigenvalue weighted by Gasteiger charge is 2.43. The molecule has 1 aliphatic heterocycles. The second-order valence-electron chi connectivity index (χ2n) is 11.3. The van der Waals surface area contributed by atoms with Gasteiger partial charge in [-0.1, -0.05) is 55.3 Å². The number of amides is 2. The molecule has 0 spiro atoms. The summed E-state index contributed by atoms with van der Waals surface area (Å²) in [4.78, 5) is 27.9. The number of fused-ring (bicyclic) bond motifs is 1. The Morgan fingerprint density at radius 1 is 1.07 bits per heavy atom. The molecular formula is C32H42ClN3O3S. The zero-order valence-electron chi connectivity index (χ0n) is 23.4. The number of hydrogen-bond donors (Lipinski definition) is 3. The smallest absolute Gasteiger partial charge is 0.262 e. The minimum Gasteiger partial charge on any atom is -0.379 e. The van der Waals surface area contributed by atoms with Gasteiger partial charge in [0.25, 0.3) is 5.91 Å². The minimum atomic E-state index is -0.882. The lowest BCUT2D eigenvalue weighted by molar-refractivity contribution is -0.128. The third kappa shape index (κ3) is 7.84. The first kappa shape index (κ1) is 30.5. The molecule has 2 amide bonds. The minimum absolute atomic E-state index is 0. The van der Waals surface area contributed by atoms with Crippen LogP contribution in [0.15, 0.2) is 54.6 Å². The Morgan fingerprint density at radius 3 is 2.58 bits per heavy atom. The third-order valence-corrected chi connectivity index (χ3v) is 9.35. The highest BCUT2D eigenvalue weighted by atomic mass is 35.5. The summed E-state index contributed by atoms with van der Waals surface area (Å²) in [6.45, 7) is 5.41. The first-order valence-electron chi connectivity index (χ1n) is 14.5. The van der Waals surface area contributed by atoms with E-state index in [0.29, 0.717) is 43.3 Å². The van der Waals surface area contributed by atoms with Crippen molar-refractivity contribution in [2.75, 3.05) is 26.3 Å². The Bertz CT molecular complexity index is 1250. The Balaban J connectivity index is 0.00000370. The van der Waals surface area contributed by atoms with Crippen molar-refractivity contribution in [3.63, 3.8) is 0 Å². The number of carbonyl (C=O) groups excluding carboxylic acids is 2. The second-order valence-corrected chi connectivity index (χ2v) is 12.4. The zero-order chi connectivity index (χ0) is 27.1. The SMILES string of the molecule is Cc1ccc2cc(C(=O)NC3(C(=O)NC(COCCC4CCNCC4)Cc4ccccc4)CCCC3)sc2c1.Cl. The molecule has 2 heterocycles. The van der Waals surface area contributed by atoms with Crippen LogP contribution in [0.2, 0.25) is 0 Å². The third-order valence-electron chi connectivity index (χ3n) is 8.25. The molecule has 8 heteroatoms. The number of thiophene rings is 1. The van der Waals surface area contributed by atoms with E-state index in [2.05, 4.69) is 53.2 Å². The molecule has 1 aliphatic carbocycles. The van der Waals surface area contributed by atoms with Crippen LogP contribution in [0.4, 0.5) is 0 Å². The Hall–Kier alpha value is -2.45. The van der Waals surface area contributed by atoms with Crippen molar-refractivity contribution >= 4 is 45.6 Å². The summed E-state index contributed by atoms with van der Waals surface area (Å²) >= 11 is 1.49. The summed E-state index contributed by atoms with van der Waals surface area (Å²) < 4.78 is 7.23. The Morgan fingerprint density at radius 2 is 1.82 bits per heavy atom. The number of nitrogens with one attached hydrogen (secondary N) is 3. The van der Waals surface area contributed by atoms with Crippen molar-refractivity contribution in [1.29, 1.82) is 0 Å². The van der Waals surface area contributed by atoms with E-state index in [1.165, 1.54) is 29.7 Å². The molecule has 6 nitrogen and oxygen atoms in total. The molecule has 0 bridgehead atoms. The summed E-state index contributed by atoms with van der Waals surface area (Å²) in [6, 6.07) is 18.2. The van der Waals surface area contributed by atoms with Crippen molar-refractivity contribution in [1.82, 2.24) is 16.0 Å². The summed E-state index contributed by atoms with van der Waals surface area (Å²) in [7, 11) is 0. The fourth-order valence-electron chi connectivity index (χ4n) is 5.94. The molecule has 1 saturated heterocycles. The van der Waals surface area contributed by atoms with Crippen molar-refractivity contribution < 1.29 is 14.3 Å². The van der Waals surface area contributed by atoms with Gasteiger partial charge in [-0.3, -0.25) is 9.59 Å². The molecule has 2 aromatic carbocycles. The van der Waals surface area contributed by atoms with Crippen molar-refractivity contribution in [3.05, 3.63) is 70.6 Å². The quantitative estimate of drug-likeness (QED) is 0.249. The average molecular weight is 584 g/mol. The van der Waals surface area contributed by atoms with E-state index in [9.17, 15) is 9.59 Å². The molecule has 2 aliphatic rings. The maximum atomic E-state index is 13.8. The maximum Gasteiger partial charge on any atom is 0.262 e. The molecular weight excluding hydrogens is 542 g/mol. The first-order chi connectivity index (χ1) is 19.0. The molecule has 216 valence electrons. The molecule has 1 unspecified atom stereocenters. The lowest BCUT2D eigenvalue weighted by atomic mass is 9.94. The van der Waals surface area contributed by atoms with Crippen LogP contribution in [0.25, 0.3) is 10.1 Å². The largest absolute Gasteiger partial charge is 0.379 e. The average Bonchev–Trinajstić information content (AvgIpc) is 3.60. The number of ether oxygens (including phenoxy) is 1. The number of benzene rings is 2. The van der Waals surface area contributed by atoms with Crippen LogP contribution in [0.5, 0.6) is 0 Å². The van der Waals surface area contributed by atoms with Gasteiger partial charge in [-0.25, -0.2) is 0 Å². The number of carbonyl (C=O) groups is 2. The lowest BCUT2D eigenvalue weighted by Crippen LogP contribution is -2.59. The van der Waals surface area contributed by atoms with Gasteiger partial charge in [-0.15, -0.1) is 23.7 Å². The molecule has 3 N–H and O–H groups in total. The predicted octanol–water partition coefficient (Wildman–Crippen LogP) is 5.81. The standard InChI is InChI=1S/C32H41N3O3S.ClH/c1-23-9-10-26-21-29(39-28(26)19-23)30(36)35-32(14-5-6-15-32)31(37)34-27(20-25-7-3-2-4-8-25)22-38-18-13-24-11-16-33-17-12-24;/h2-4,7-10,19,21,24,27,33H,5-6,11-18,20,22H2,1H3,(H,34,37)(H,35,36);1H. The van der Waals surface area contributed by atoms with Gasteiger partial charge >= 0.3 is 0 Å². The highest BCUT2D eigenvalue weighted by molar-refractivity contribution is 7.20. The van der Waals surface area contributed by atoms with Crippen LogP contribution in [-0.2, 0) is 16.0 Å². The van der Waals surface area contributed by atoms with Gasteiger partial charge in [0.15, 0.2) is 0 Å². The monoisotopic (exact) mass is 583 g/mol. The first-order valence-corrected chi connectivity index (χ1v) is 15.3. The predicted molar refractivity (Wildman–Crippen MR) is 166 cm³/mol. The fraction of sp³-hybridized carbons (Fsp3) is 0.500. The number of piperidine rings is 1. The maximum absolute atomic E-state index is 13.8. The van der Waals surface area contributed by atoms with E-state index in [0.717, 1.165) is 48.0 Å². The van der Waals surface area contributed by atoms with Crippen molar-refractivity contribution in [2.45, 2.75) is 69.9 Å². The van der Waals surface area contributed by atoms with E-state index in [-0.39, 0.29) is 30.3 Å².